The smallest absolute Gasteiger partial charge is 0.140 e. The van der Waals surface area contributed by atoms with Crippen molar-refractivity contribution in [3.63, 3.8) is 0 Å². The van der Waals surface area contributed by atoms with E-state index in [0.29, 0.717) is 25.6 Å². The minimum absolute atomic E-state index is 0.00106. The number of nitrogens with zero attached hydrogens (tertiary/aromatic N) is 1. The third kappa shape index (κ3) is 2.01. The molecule has 1 aliphatic rings. The number of anilines is 1. The van der Waals surface area contributed by atoms with Crippen LogP contribution in [0.4, 0.5) is 5.82 Å². The van der Waals surface area contributed by atoms with Crippen molar-refractivity contribution in [3.05, 3.63) is 23.9 Å². The number of ether oxygens (including phenoxy) is 2. The second-order valence-electron chi connectivity index (χ2n) is 3.05. The van der Waals surface area contributed by atoms with Crippen molar-refractivity contribution in [1.82, 2.24) is 4.98 Å². The van der Waals surface area contributed by atoms with Crippen LogP contribution in [-0.4, -0.2) is 24.8 Å². The number of rotatable bonds is 2. The fourth-order valence-electron chi connectivity index (χ4n) is 1.41. The van der Waals surface area contributed by atoms with Crippen LogP contribution in [0.5, 0.6) is 0 Å². The first kappa shape index (κ1) is 9.39. The first-order valence-corrected chi connectivity index (χ1v) is 4.52. The highest BCUT2D eigenvalue weighted by atomic mass is 16.6. The molecule has 1 fully saturated rings. The van der Waals surface area contributed by atoms with Crippen molar-refractivity contribution >= 4 is 5.82 Å². The van der Waals surface area contributed by atoms with Crippen molar-refractivity contribution in [2.45, 2.75) is 6.10 Å². The Labute approximate surface area is 82.2 Å². The minimum Gasteiger partial charge on any atom is -0.376 e. The standard InChI is InChI=1S/C9H13N3O2/c10-12-9-5-7(1-2-11-9)8-6-13-3-4-14-8/h1-2,5,8H,3-4,6,10H2,(H,11,12). The summed E-state index contributed by atoms with van der Waals surface area (Å²) in [7, 11) is 0. The van der Waals surface area contributed by atoms with E-state index in [-0.39, 0.29) is 6.10 Å². The molecule has 2 heterocycles. The maximum atomic E-state index is 5.54. The molecule has 5 nitrogen and oxygen atoms in total. The molecule has 1 atom stereocenters. The lowest BCUT2D eigenvalue weighted by molar-refractivity contribution is -0.0901. The van der Waals surface area contributed by atoms with Gasteiger partial charge in [-0.2, -0.15) is 0 Å². The lowest BCUT2D eigenvalue weighted by Gasteiger charge is -2.23. The van der Waals surface area contributed by atoms with Gasteiger partial charge in [0.2, 0.25) is 0 Å². The Morgan fingerprint density at radius 1 is 1.50 bits per heavy atom. The Balaban J connectivity index is 2.13. The lowest BCUT2D eigenvalue weighted by atomic mass is 10.1. The number of nitrogens with one attached hydrogen (secondary N) is 1. The van der Waals surface area contributed by atoms with Gasteiger partial charge in [0.15, 0.2) is 0 Å². The van der Waals surface area contributed by atoms with Crippen LogP contribution in [0.15, 0.2) is 18.3 Å². The molecule has 1 saturated heterocycles. The molecule has 0 bridgehead atoms. The fourth-order valence-corrected chi connectivity index (χ4v) is 1.41. The molecule has 0 saturated carbocycles. The van der Waals surface area contributed by atoms with Crippen molar-refractivity contribution in [2.75, 3.05) is 25.2 Å². The summed E-state index contributed by atoms with van der Waals surface area (Å²) in [6, 6.07) is 3.76. The molecular weight excluding hydrogens is 182 g/mol. The van der Waals surface area contributed by atoms with Gasteiger partial charge in [-0.15, -0.1) is 0 Å². The Morgan fingerprint density at radius 2 is 2.43 bits per heavy atom. The Hall–Kier alpha value is -1.17. The van der Waals surface area contributed by atoms with Gasteiger partial charge in [-0.05, 0) is 17.7 Å². The van der Waals surface area contributed by atoms with E-state index >= 15 is 0 Å². The van der Waals surface area contributed by atoms with Gasteiger partial charge in [0.25, 0.3) is 0 Å². The van der Waals surface area contributed by atoms with E-state index in [0.717, 1.165) is 5.56 Å². The van der Waals surface area contributed by atoms with E-state index in [1.165, 1.54) is 0 Å². The number of nitrogens with two attached hydrogens (primary N) is 1. The number of aromatic nitrogens is 1. The van der Waals surface area contributed by atoms with Crippen LogP contribution in [0.1, 0.15) is 11.7 Å². The van der Waals surface area contributed by atoms with E-state index in [1.54, 1.807) is 6.20 Å². The molecule has 14 heavy (non-hydrogen) atoms. The summed E-state index contributed by atoms with van der Waals surface area (Å²) in [5.41, 5.74) is 3.53. The van der Waals surface area contributed by atoms with Gasteiger partial charge in [0, 0.05) is 6.20 Å². The predicted octanol–water partition coefficient (Wildman–Crippen LogP) is 0.455. The molecule has 0 amide bonds. The molecular formula is C9H13N3O2. The fraction of sp³-hybridized carbons (Fsp3) is 0.444. The predicted molar refractivity (Wildman–Crippen MR) is 51.6 cm³/mol. The Morgan fingerprint density at radius 3 is 3.14 bits per heavy atom. The quantitative estimate of drug-likeness (QED) is 0.530. The number of hydrogen-bond acceptors (Lipinski definition) is 5. The average molecular weight is 195 g/mol. The van der Waals surface area contributed by atoms with Crippen LogP contribution in [-0.2, 0) is 9.47 Å². The van der Waals surface area contributed by atoms with Crippen LogP contribution < -0.4 is 11.3 Å². The third-order valence-corrected chi connectivity index (χ3v) is 2.12. The Kier molecular flexibility index (Phi) is 2.93. The summed E-state index contributed by atoms with van der Waals surface area (Å²) in [5, 5.41) is 0. The highest BCUT2D eigenvalue weighted by Gasteiger charge is 2.16. The lowest BCUT2D eigenvalue weighted by Crippen LogP contribution is -2.22. The van der Waals surface area contributed by atoms with Crippen molar-refractivity contribution < 1.29 is 9.47 Å². The summed E-state index contributed by atoms with van der Waals surface area (Å²) >= 11 is 0. The van der Waals surface area contributed by atoms with E-state index < -0.39 is 0 Å². The van der Waals surface area contributed by atoms with Crippen LogP contribution in [0.3, 0.4) is 0 Å². The monoisotopic (exact) mass is 195 g/mol. The summed E-state index contributed by atoms with van der Waals surface area (Å²) in [6.07, 6.45) is 1.70. The summed E-state index contributed by atoms with van der Waals surface area (Å²) in [6.45, 7) is 1.90. The van der Waals surface area contributed by atoms with Gasteiger partial charge in [-0.1, -0.05) is 0 Å². The van der Waals surface area contributed by atoms with Gasteiger partial charge >= 0.3 is 0 Å². The minimum atomic E-state index is -0.00106. The SMILES string of the molecule is NNc1cc(C2COCCO2)ccn1. The van der Waals surface area contributed by atoms with Gasteiger partial charge in [0.05, 0.1) is 19.8 Å². The zero-order chi connectivity index (χ0) is 9.80. The van der Waals surface area contributed by atoms with Crippen molar-refractivity contribution in [2.24, 2.45) is 5.84 Å². The van der Waals surface area contributed by atoms with Gasteiger partial charge in [-0.3, -0.25) is 0 Å². The van der Waals surface area contributed by atoms with Crippen LogP contribution in [0.25, 0.3) is 0 Å². The summed E-state index contributed by atoms with van der Waals surface area (Å²) < 4.78 is 10.9. The summed E-state index contributed by atoms with van der Waals surface area (Å²) in [4.78, 5) is 4.02. The van der Waals surface area contributed by atoms with Crippen LogP contribution >= 0.6 is 0 Å². The zero-order valence-corrected chi connectivity index (χ0v) is 7.77. The Bertz CT molecular complexity index is 300. The molecule has 3 N–H and O–H groups in total. The molecule has 1 aromatic heterocycles. The molecule has 2 rings (SSSR count). The molecule has 5 heteroatoms. The maximum Gasteiger partial charge on any atom is 0.140 e. The molecule has 0 spiro atoms. The van der Waals surface area contributed by atoms with Crippen LogP contribution in [0.2, 0.25) is 0 Å². The van der Waals surface area contributed by atoms with Gasteiger partial charge < -0.3 is 14.9 Å². The van der Waals surface area contributed by atoms with E-state index in [4.69, 9.17) is 15.3 Å². The number of hydrogen-bond donors (Lipinski definition) is 2. The average Bonchev–Trinajstić information content (AvgIpc) is 2.30. The highest BCUT2D eigenvalue weighted by Crippen LogP contribution is 2.21. The number of hydrazine groups is 1. The maximum absolute atomic E-state index is 5.54. The third-order valence-electron chi connectivity index (χ3n) is 2.12. The largest absolute Gasteiger partial charge is 0.376 e. The number of pyridine rings is 1. The first-order valence-electron chi connectivity index (χ1n) is 4.52. The molecule has 0 aliphatic carbocycles. The molecule has 1 unspecified atom stereocenters. The molecule has 1 aliphatic heterocycles. The molecule has 76 valence electrons. The zero-order valence-electron chi connectivity index (χ0n) is 7.77. The second kappa shape index (κ2) is 4.36. The topological polar surface area (TPSA) is 69.4 Å². The first-order chi connectivity index (χ1) is 6.90. The number of nitrogen functional groups attached to an aromatic ring is 1. The van der Waals surface area contributed by atoms with Gasteiger partial charge in [-0.25, -0.2) is 10.8 Å². The summed E-state index contributed by atoms with van der Waals surface area (Å²) in [5.74, 6) is 5.90. The normalized spacial score (nSPS) is 21.9. The van der Waals surface area contributed by atoms with Crippen LogP contribution in [0, 0.1) is 0 Å². The molecule has 0 radical (unpaired) electrons. The highest BCUT2D eigenvalue weighted by molar-refractivity contribution is 5.36. The van der Waals surface area contributed by atoms with E-state index in [9.17, 15) is 0 Å². The van der Waals surface area contributed by atoms with Gasteiger partial charge in [0.1, 0.15) is 11.9 Å². The molecule has 1 aromatic rings. The van der Waals surface area contributed by atoms with Crippen molar-refractivity contribution in [3.8, 4) is 0 Å². The van der Waals surface area contributed by atoms with E-state index in [1.807, 2.05) is 12.1 Å². The van der Waals surface area contributed by atoms with E-state index in [2.05, 4.69) is 10.4 Å². The molecule has 0 aromatic carbocycles. The second-order valence-corrected chi connectivity index (χ2v) is 3.05. The van der Waals surface area contributed by atoms with Crippen molar-refractivity contribution in [1.29, 1.82) is 0 Å².